The van der Waals surface area contributed by atoms with Gasteiger partial charge in [-0.25, -0.2) is 4.99 Å². The Hall–Kier alpha value is -5.97. The monoisotopic (exact) mass is 617 g/mol. The van der Waals surface area contributed by atoms with Crippen molar-refractivity contribution in [3.05, 3.63) is 203 Å². The minimum Gasteiger partial charge on any atom is -0.456 e. The normalized spacial score (nSPS) is 18.1. The average molecular weight is 618 g/mol. The molecule has 1 spiro atoms. The Labute approximate surface area is 279 Å². The second-order valence-electron chi connectivity index (χ2n) is 12.7. The quantitative estimate of drug-likeness (QED) is 0.208. The van der Waals surface area contributed by atoms with Crippen molar-refractivity contribution in [3.63, 3.8) is 0 Å². The molecule has 7 aromatic carbocycles. The summed E-state index contributed by atoms with van der Waals surface area (Å²) in [5, 5.41) is 10.0. The van der Waals surface area contributed by atoms with Gasteiger partial charge in [-0.2, -0.15) is 0 Å². The maximum absolute atomic E-state index is 6.99. The Morgan fingerprint density at radius 2 is 1.12 bits per heavy atom. The first kappa shape index (κ1) is 27.2. The molecule has 0 radical (unpaired) electrons. The number of ether oxygens (including phenoxy) is 1. The Balaban J connectivity index is 1.21. The van der Waals surface area contributed by atoms with E-state index in [0.29, 0.717) is 0 Å². The Morgan fingerprint density at radius 3 is 1.94 bits per heavy atom. The van der Waals surface area contributed by atoms with Crippen LogP contribution >= 0.6 is 0 Å². The van der Waals surface area contributed by atoms with Gasteiger partial charge in [0.1, 0.15) is 29.7 Å². The van der Waals surface area contributed by atoms with Gasteiger partial charge in [0.25, 0.3) is 0 Å². The SMILES string of the molecule is c1ccc(C2N=C(c3cccc4c3Oc3ccccc3C43c4ccccc4-c4ccccc43)NC(c3cccc4ccccc34)N2)cc1. The second kappa shape index (κ2) is 10.5. The third kappa shape index (κ3) is 3.84. The molecule has 4 nitrogen and oxygen atoms in total. The third-order valence-corrected chi connectivity index (χ3v) is 10.2. The lowest BCUT2D eigenvalue weighted by molar-refractivity contribution is 0.407. The standard InChI is InChI=1S/C44H31N3O/c1-2-15-29(16-3-1)41-45-42(33-21-12-17-28-14-4-5-18-30(28)33)47-43(46-41)34-22-13-26-38-40(34)48-39-27-11-10-25-37(39)44(38)35-23-8-6-19-31(35)32-20-7-9-24-36(32)44/h1-27,41-42,45H,(H,46,47). The van der Waals surface area contributed by atoms with E-state index >= 15 is 0 Å². The van der Waals surface area contributed by atoms with Gasteiger partial charge in [0, 0.05) is 11.1 Å². The van der Waals surface area contributed by atoms with E-state index < -0.39 is 5.41 Å². The van der Waals surface area contributed by atoms with E-state index in [1.165, 1.54) is 38.6 Å². The number of nitrogens with one attached hydrogen (secondary N) is 2. The van der Waals surface area contributed by atoms with Crippen LogP contribution in [-0.2, 0) is 5.41 Å². The topological polar surface area (TPSA) is 45.6 Å². The summed E-state index contributed by atoms with van der Waals surface area (Å²) in [6, 6.07) is 58.3. The summed E-state index contributed by atoms with van der Waals surface area (Å²) in [5.74, 6) is 2.49. The maximum Gasteiger partial charge on any atom is 0.143 e. The molecule has 0 bridgehead atoms. The fourth-order valence-electron chi connectivity index (χ4n) is 8.23. The van der Waals surface area contributed by atoms with E-state index in [-0.39, 0.29) is 12.3 Å². The molecule has 0 saturated heterocycles. The predicted molar refractivity (Wildman–Crippen MR) is 193 cm³/mol. The molecule has 1 aliphatic carbocycles. The van der Waals surface area contributed by atoms with Crippen LogP contribution in [0.2, 0.25) is 0 Å². The number of aliphatic imine (C=N–C) groups is 1. The molecule has 0 fully saturated rings. The van der Waals surface area contributed by atoms with Gasteiger partial charge in [0.15, 0.2) is 0 Å². The summed E-state index contributed by atoms with van der Waals surface area (Å²) in [6.45, 7) is 0. The van der Waals surface area contributed by atoms with Crippen LogP contribution in [0.15, 0.2) is 169 Å². The van der Waals surface area contributed by atoms with E-state index in [1.54, 1.807) is 0 Å². The summed E-state index contributed by atoms with van der Waals surface area (Å²) >= 11 is 0. The van der Waals surface area contributed by atoms with E-state index in [9.17, 15) is 0 Å². The van der Waals surface area contributed by atoms with Gasteiger partial charge >= 0.3 is 0 Å². The first-order valence-electron chi connectivity index (χ1n) is 16.5. The number of para-hydroxylation sites is 2. The van der Waals surface area contributed by atoms with Crippen molar-refractivity contribution in [1.82, 2.24) is 10.6 Å². The van der Waals surface area contributed by atoms with Crippen LogP contribution in [0.3, 0.4) is 0 Å². The number of fused-ring (bicyclic) bond motifs is 10. The molecule has 0 saturated carbocycles. The van der Waals surface area contributed by atoms with Crippen LogP contribution < -0.4 is 15.4 Å². The highest BCUT2D eigenvalue weighted by atomic mass is 16.5. The summed E-state index contributed by atoms with van der Waals surface area (Å²) in [4.78, 5) is 5.36. The number of nitrogens with zero attached hydrogens (tertiary/aromatic N) is 1. The molecule has 10 rings (SSSR count). The highest BCUT2D eigenvalue weighted by Gasteiger charge is 2.51. The highest BCUT2D eigenvalue weighted by Crippen LogP contribution is 2.62. The Kier molecular flexibility index (Phi) is 5.96. The van der Waals surface area contributed by atoms with E-state index in [2.05, 4.69) is 168 Å². The maximum atomic E-state index is 6.99. The summed E-state index contributed by atoms with van der Waals surface area (Å²) in [7, 11) is 0. The van der Waals surface area contributed by atoms with Crippen molar-refractivity contribution in [3.8, 4) is 22.6 Å². The predicted octanol–water partition coefficient (Wildman–Crippen LogP) is 9.65. The molecule has 7 aromatic rings. The van der Waals surface area contributed by atoms with Crippen molar-refractivity contribution in [1.29, 1.82) is 0 Å². The van der Waals surface area contributed by atoms with E-state index in [0.717, 1.165) is 39.6 Å². The molecule has 2 aliphatic heterocycles. The molecule has 2 heterocycles. The van der Waals surface area contributed by atoms with Crippen LogP contribution in [0.5, 0.6) is 11.5 Å². The largest absolute Gasteiger partial charge is 0.456 e. The van der Waals surface area contributed by atoms with Crippen molar-refractivity contribution in [2.24, 2.45) is 4.99 Å². The van der Waals surface area contributed by atoms with Gasteiger partial charge in [0.05, 0.1) is 11.0 Å². The smallest absolute Gasteiger partial charge is 0.143 e. The fourth-order valence-corrected chi connectivity index (χ4v) is 8.23. The zero-order valence-electron chi connectivity index (χ0n) is 26.1. The third-order valence-electron chi connectivity index (χ3n) is 10.2. The highest BCUT2D eigenvalue weighted by molar-refractivity contribution is 6.04. The number of hydrogen-bond donors (Lipinski definition) is 2. The Bertz CT molecular complexity index is 2360. The molecule has 3 aliphatic rings. The first-order valence-corrected chi connectivity index (χ1v) is 16.5. The number of benzene rings is 7. The molecular weight excluding hydrogens is 587 g/mol. The van der Waals surface area contributed by atoms with Gasteiger partial charge in [-0.15, -0.1) is 0 Å². The van der Waals surface area contributed by atoms with E-state index in [4.69, 9.17) is 9.73 Å². The van der Waals surface area contributed by atoms with Gasteiger partial charge < -0.3 is 10.1 Å². The molecule has 48 heavy (non-hydrogen) atoms. The fraction of sp³-hybridized carbons (Fsp3) is 0.0682. The molecule has 228 valence electrons. The minimum atomic E-state index is -0.533. The van der Waals surface area contributed by atoms with Crippen LogP contribution in [-0.4, -0.2) is 5.84 Å². The molecular formula is C44H31N3O. The number of hydrogen-bond acceptors (Lipinski definition) is 4. The summed E-state index contributed by atoms with van der Waals surface area (Å²) < 4.78 is 6.99. The minimum absolute atomic E-state index is 0.192. The molecule has 4 heteroatoms. The second-order valence-corrected chi connectivity index (χ2v) is 12.7. The zero-order valence-corrected chi connectivity index (χ0v) is 26.1. The lowest BCUT2D eigenvalue weighted by atomic mass is 9.66. The Morgan fingerprint density at radius 1 is 0.521 bits per heavy atom. The average Bonchev–Trinajstić information content (AvgIpc) is 3.45. The summed E-state index contributed by atoms with van der Waals surface area (Å²) in [6.07, 6.45) is -0.456. The number of rotatable bonds is 3. The van der Waals surface area contributed by atoms with Gasteiger partial charge in [-0.1, -0.05) is 152 Å². The van der Waals surface area contributed by atoms with Gasteiger partial charge in [-0.3, -0.25) is 5.32 Å². The molecule has 2 N–H and O–H groups in total. The van der Waals surface area contributed by atoms with Crippen molar-refractivity contribution in [2.75, 3.05) is 0 Å². The first-order chi connectivity index (χ1) is 23.8. The lowest BCUT2D eigenvalue weighted by Gasteiger charge is -2.40. The molecule has 2 unspecified atom stereocenters. The van der Waals surface area contributed by atoms with Gasteiger partial charge in [-0.05, 0) is 56.3 Å². The molecule has 0 amide bonds. The van der Waals surface area contributed by atoms with Crippen molar-refractivity contribution in [2.45, 2.75) is 17.7 Å². The zero-order chi connectivity index (χ0) is 31.7. The van der Waals surface area contributed by atoms with Crippen LogP contribution in [0.25, 0.3) is 21.9 Å². The van der Waals surface area contributed by atoms with Crippen molar-refractivity contribution < 1.29 is 4.74 Å². The van der Waals surface area contributed by atoms with Crippen LogP contribution in [0, 0.1) is 0 Å². The van der Waals surface area contributed by atoms with E-state index in [1.807, 2.05) is 6.07 Å². The van der Waals surface area contributed by atoms with Gasteiger partial charge in [0.2, 0.25) is 0 Å². The van der Waals surface area contributed by atoms with Crippen molar-refractivity contribution >= 4 is 16.6 Å². The van der Waals surface area contributed by atoms with Crippen LogP contribution in [0.1, 0.15) is 51.3 Å². The molecule has 2 atom stereocenters. The lowest BCUT2D eigenvalue weighted by Crippen LogP contribution is -2.45. The van der Waals surface area contributed by atoms with Crippen LogP contribution in [0.4, 0.5) is 0 Å². The number of amidine groups is 1. The summed E-state index contributed by atoms with van der Waals surface area (Å²) in [5.41, 5.74) is 10.0. The molecule has 0 aromatic heterocycles.